The van der Waals surface area contributed by atoms with Gasteiger partial charge in [-0.2, -0.15) is 0 Å². The smallest absolute Gasteiger partial charge is 0.303 e. The van der Waals surface area contributed by atoms with Gasteiger partial charge in [0, 0.05) is 18.7 Å². The monoisotopic (exact) mass is 313 g/mol. The van der Waals surface area contributed by atoms with Gasteiger partial charge in [0.2, 0.25) is 10.0 Å². The highest BCUT2D eigenvalue weighted by molar-refractivity contribution is 7.92. The third-order valence-electron chi connectivity index (χ3n) is 3.26. The van der Waals surface area contributed by atoms with Gasteiger partial charge in [-0.3, -0.25) is 9.52 Å². The normalized spacial score (nSPS) is 18.6. The van der Waals surface area contributed by atoms with Gasteiger partial charge in [0.05, 0.1) is 11.9 Å². The first-order chi connectivity index (χ1) is 9.94. The zero-order valence-corrected chi connectivity index (χ0v) is 12.4. The third-order valence-corrected chi connectivity index (χ3v) is 4.61. The Hall–Kier alpha value is -1.60. The quantitative estimate of drug-likeness (QED) is 0.798. The molecule has 1 atom stereocenters. The zero-order chi connectivity index (χ0) is 15.3. The van der Waals surface area contributed by atoms with E-state index in [0.29, 0.717) is 18.7 Å². The van der Waals surface area contributed by atoms with Crippen molar-refractivity contribution in [2.45, 2.75) is 31.8 Å². The molecular formula is C14H19NO5S. The summed E-state index contributed by atoms with van der Waals surface area (Å²) in [6.45, 7) is 0.616. The number of anilines is 1. The van der Waals surface area contributed by atoms with Gasteiger partial charge in [-0.05, 0) is 37.0 Å². The molecule has 0 aliphatic carbocycles. The topological polar surface area (TPSA) is 92.7 Å². The summed E-state index contributed by atoms with van der Waals surface area (Å²) in [7, 11) is -3.46. The minimum atomic E-state index is -3.46. The van der Waals surface area contributed by atoms with E-state index >= 15 is 0 Å². The summed E-state index contributed by atoms with van der Waals surface area (Å²) in [5.74, 6) is -0.925. The number of hydrogen-bond donors (Lipinski definition) is 2. The van der Waals surface area contributed by atoms with Gasteiger partial charge >= 0.3 is 5.97 Å². The van der Waals surface area contributed by atoms with Crippen LogP contribution in [0.1, 0.15) is 24.8 Å². The van der Waals surface area contributed by atoms with E-state index in [-0.39, 0.29) is 18.3 Å². The molecule has 2 N–H and O–H groups in total. The first-order valence-electron chi connectivity index (χ1n) is 6.87. The van der Waals surface area contributed by atoms with Crippen molar-refractivity contribution in [2.24, 2.45) is 0 Å². The number of aryl methyl sites for hydroxylation is 1. The molecule has 1 aliphatic heterocycles. The average Bonchev–Trinajstić information content (AvgIpc) is 2.88. The molecule has 0 spiro atoms. The van der Waals surface area contributed by atoms with E-state index in [4.69, 9.17) is 9.84 Å². The Balaban J connectivity index is 1.97. The van der Waals surface area contributed by atoms with Crippen LogP contribution in [0.15, 0.2) is 24.3 Å². The lowest BCUT2D eigenvalue weighted by atomic mass is 10.1. The molecule has 1 unspecified atom stereocenters. The second kappa shape index (κ2) is 6.91. The molecule has 0 saturated carbocycles. The molecule has 1 heterocycles. The van der Waals surface area contributed by atoms with Gasteiger partial charge in [-0.1, -0.05) is 12.1 Å². The Kier molecular flexibility index (Phi) is 5.19. The Bertz CT molecular complexity index is 593. The molecule has 2 rings (SSSR count). The number of carboxylic acid groups (broad SMARTS) is 1. The van der Waals surface area contributed by atoms with Crippen molar-refractivity contribution in [1.82, 2.24) is 0 Å². The Morgan fingerprint density at radius 2 is 2.24 bits per heavy atom. The molecule has 21 heavy (non-hydrogen) atoms. The molecule has 0 aromatic heterocycles. The minimum Gasteiger partial charge on any atom is -0.481 e. The number of sulfonamides is 1. The lowest BCUT2D eigenvalue weighted by Crippen LogP contribution is -2.25. The molecule has 0 radical (unpaired) electrons. The van der Waals surface area contributed by atoms with Crippen molar-refractivity contribution < 1.29 is 23.1 Å². The second-order valence-corrected chi connectivity index (χ2v) is 6.88. The Labute approximate surface area is 124 Å². The molecule has 1 fully saturated rings. The van der Waals surface area contributed by atoms with E-state index < -0.39 is 16.0 Å². The molecule has 1 saturated heterocycles. The Morgan fingerprint density at radius 3 is 2.90 bits per heavy atom. The van der Waals surface area contributed by atoms with Crippen LogP contribution in [0.2, 0.25) is 0 Å². The van der Waals surface area contributed by atoms with E-state index in [9.17, 15) is 13.2 Å². The largest absolute Gasteiger partial charge is 0.481 e. The number of benzene rings is 1. The van der Waals surface area contributed by atoms with Crippen molar-refractivity contribution in [3.63, 3.8) is 0 Å². The third kappa shape index (κ3) is 5.35. The number of ether oxygens (including phenoxy) is 1. The maximum Gasteiger partial charge on any atom is 0.303 e. The summed E-state index contributed by atoms with van der Waals surface area (Å²) < 4.78 is 31.9. The van der Waals surface area contributed by atoms with Crippen molar-refractivity contribution in [3.8, 4) is 0 Å². The van der Waals surface area contributed by atoms with Crippen molar-refractivity contribution in [2.75, 3.05) is 17.1 Å². The van der Waals surface area contributed by atoms with Crippen molar-refractivity contribution in [3.05, 3.63) is 29.8 Å². The van der Waals surface area contributed by atoms with E-state index in [1.165, 1.54) is 0 Å². The van der Waals surface area contributed by atoms with Crippen molar-refractivity contribution >= 4 is 21.7 Å². The maximum absolute atomic E-state index is 12.0. The van der Waals surface area contributed by atoms with Gasteiger partial charge in [-0.25, -0.2) is 8.42 Å². The molecule has 6 nitrogen and oxygen atoms in total. The van der Waals surface area contributed by atoms with Crippen LogP contribution in [0.5, 0.6) is 0 Å². The zero-order valence-electron chi connectivity index (χ0n) is 11.6. The van der Waals surface area contributed by atoms with Crippen LogP contribution in [0.3, 0.4) is 0 Å². The predicted octanol–water partition coefficient (Wildman–Crippen LogP) is 1.62. The number of rotatable bonds is 7. The summed E-state index contributed by atoms with van der Waals surface area (Å²) in [5.41, 5.74) is 1.24. The van der Waals surface area contributed by atoms with Gasteiger partial charge < -0.3 is 9.84 Å². The number of carbonyl (C=O) groups is 1. The van der Waals surface area contributed by atoms with Crippen LogP contribution < -0.4 is 4.72 Å². The molecule has 116 valence electrons. The average molecular weight is 313 g/mol. The lowest BCUT2D eigenvalue weighted by molar-refractivity contribution is -0.136. The van der Waals surface area contributed by atoms with Gasteiger partial charge in [0.15, 0.2) is 0 Å². The van der Waals surface area contributed by atoms with Crippen LogP contribution in [0, 0.1) is 0 Å². The van der Waals surface area contributed by atoms with E-state index in [1.54, 1.807) is 24.3 Å². The van der Waals surface area contributed by atoms with Crippen LogP contribution >= 0.6 is 0 Å². The van der Waals surface area contributed by atoms with Crippen LogP contribution in [-0.2, 0) is 26.0 Å². The number of hydrogen-bond acceptors (Lipinski definition) is 4. The summed E-state index contributed by atoms with van der Waals surface area (Å²) in [4.78, 5) is 10.6. The molecule has 1 aromatic rings. The summed E-state index contributed by atoms with van der Waals surface area (Å²) >= 11 is 0. The Morgan fingerprint density at radius 1 is 1.43 bits per heavy atom. The lowest BCUT2D eigenvalue weighted by Gasteiger charge is -2.12. The number of nitrogens with one attached hydrogen (secondary N) is 1. The highest BCUT2D eigenvalue weighted by Gasteiger charge is 2.23. The fourth-order valence-corrected chi connectivity index (χ4v) is 3.61. The molecule has 1 aromatic carbocycles. The van der Waals surface area contributed by atoms with Crippen molar-refractivity contribution in [1.29, 1.82) is 0 Å². The van der Waals surface area contributed by atoms with Gasteiger partial charge in [-0.15, -0.1) is 0 Å². The second-order valence-electron chi connectivity index (χ2n) is 5.11. The first kappa shape index (κ1) is 15.8. The number of carboxylic acids is 1. The van der Waals surface area contributed by atoms with Crippen LogP contribution in [0.25, 0.3) is 0 Å². The molecule has 7 heteroatoms. The standard InChI is InChI=1S/C14H19NO5S/c16-14(17)7-6-11-3-1-4-12(9-11)15-21(18,19)10-13-5-2-8-20-13/h1,3-4,9,13,15H,2,5-8,10H2,(H,16,17). The predicted molar refractivity (Wildman–Crippen MR) is 78.8 cm³/mol. The molecule has 0 amide bonds. The first-order valence-corrected chi connectivity index (χ1v) is 8.53. The molecular weight excluding hydrogens is 294 g/mol. The van der Waals surface area contributed by atoms with Gasteiger partial charge in [0.1, 0.15) is 0 Å². The van der Waals surface area contributed by atoms with E-state index in [2.05, 4.69) is 4.72 Å². The maximum atomic E-state index is 12.0. The van der Waals surface area contributed by atoms with E-state index in [1.807, 2.05) is 0 Å². The minimum absolute atomic E-state index is 0.0200. The van der Waals surface area contributed by atoms with Crippen LogP contribution in [-0.4, -0.2) is 38.0 Å². The highest BCUT2D eigenvalue weighted by Crippen LogP contribution is 2.17. The summed E-state index contributed by atoms with van der Waals surface area (Å²) in [5, 5.41) is 8.66. The fourth-order valence-electron chi connectivity index (χ4n) is 2.28. The fraction of sp³-hybridized carbons (Fsp3) is 0.500. The molecule has 1 aliphatic rings. The summed E-state index contributed by atoms with van der Waals surface area (Å²) in [6, 6.07) is 6.80. The number of aliphatic carboxylic acids is 1. The SMILES string of the molecule is O=C(O)CCc1cccc(NS(=O)(=O)CC2CCCO2)c1. The van der Waals surface area contributed by atoms with E-state index in [0.717, 1.165) is 18.4 Å². The van der Waals surface area contributed by atoms with Gasteiger partial charge in [0.25, 0.3) is 0 Å². The summed E-state index contributed by atoms with van der Waals surface area (Å²) in [6.07, 6.45) is 1.81. The molecule has 0 bridgehead atoms. The highest BCUT2D eigenvalue weighted by atomic mass is 32.2. The van der Waals surface area contributed by atoms with Crippen LogP contribution in [0.4, 0.5) is 5.69 Å².